The van der Waals surface area contributed by atoms with E-state index in [9.17, 15) is 31.5 Å². The summed E-state index contributed by atoms with van der Waals surface area (Å²) in [6.45, 7) is 0.598. The van der Waals surface area contributed by atoms with Crippen molar-refractivity contribution < 1.29 is 31.5 Å². The predicted molar refractivity (Wildman–Crippen MR) is 136 cm³/mol. The van der Waals surface area contributed by atoms with Gasteiger partial charge in [0, 0.05) is 49.7 Å². The first-order valence-corrected chi connectivity index (χ1v) is 13.5. The number of benzene rings is 1. The summed E-state index contributed by atoms with van der Waals surface area (Å²) in [4.78, 5) is 32.2. The van der Waals surface area contributed by atoms with Crippen LogP contribution >= 0.6 is 0 Å². The largest absolute Gasteiger partial charge is 0.396 e. The Morgan fingerprint density at radius 3 is 2.61 bits per heavy atom. The van der Waals surface area contributed by atoms with Gasteiger partial charge in [-0.3, -0.25) is 9.59 Å². The van der Waals surface area contributed by atoms with E-state index in [0.717, 1.165) is 11.6 Å². The molecular formula is C28H27F5N6O2. The van der Waals surface area contributed by atoms with Gasteiger partial charge in [0.25, 0.3) is 0 Å². The van der Waals surface area contributed by atoms with Crippen LogP contribution in [0.3, 0.4) is 0 Å². The highest BCUT2D eigenvalue weighted by Gasteiger charge is 2.49. The molecule has 8 nitrogen and oxygen atoms in total. The van der Waals surface area contributed by atoms with Crippen molar-refractivity contribution in [2.45, 2.75) is 68.5 Å². The zero-order valence-electron chi connectivity index (χ0n) is 21.9. The van der Waals surface area contributed by atoms with Crippen molar-refractivity contribution in [2.75, 3.05) is 18.4 Å². The summed E-state index contributed by atoms with van der Waals surface area (Å²) < 4.78 is 70.1. The van der Waals surface area contributed by atoms with Crippen molar-refractivity contribution in [2.24, 2.45) is 0 Å². The molecule has 1 spiro atoms. The molecule has 0 bridgehead atoms. The van der Waals surface area contributed by atoms with E-state index in [2.05, 4.69) is 20.5 Å². The molecule has 1 N–H and O–H groups in total. The van der Waals surface area contributed by atoms with Crippen LogP contribution in [0.1, 0.15) is 66.7 Å². The first kappa shape index (κ1) is 27.3. The molecule has 13 heteroatoms. The van der Waals surface area contributed by atoms with E-state index in [4.69, 9.17) is 0 Å². The fourth-order valence-electron chi connectivity index (χ4n) is 6.50. The summed E-state index contributed by atoms with van der Waals surface area (Å²) in [5, 5.41) is 10.7. The van der Waals surface area contributed by atoms with Gasteiger partial charge in [0.15, 0.2) is 11.6 Å². The zero-order chi connectivity index (χ0) is 28.9. The summed E-state index contributed by atoms with van der Waals surface area (Å²) in [6, 6.07) is 7.43. The van der Waals surface area contributed by atoms with Crippen molar-refractivity contribution in [1.29, 1.82) is 0 Å². The maximum atomic E-state index is 14.7. The molecule has 41 heavy (non-hydrogen) atoms. The van der Waals surface area contributed by atoms with E-state index < -0.39 is 41.5 Å². The van der Waals surface area contributed by atoms with Crippen LogP contribution < -0.4 is 5.32 Å². The van der Waals surface area contributed by atoms with Gasteiger partial charge in [0.05, 0.1) is 5.41 Å². The van der Waals surface area contributed by atoms with Gasteiger partial charge in [-0.05, 0) is 43.4 Å². The second-order valence-corrected chi connectivity index (χ2v) is 11.0. The lowest BCUT2D eigenvalue weighted by Gasteiger charge is -2.38. The Labute approximate surface area is 232 Å². The molecule has 3 aliphatic rings. The number of hydrogen-bond acceptors (Lipinski definition) is 5. The Bertz CT molecular complexity index is 1500. The number of piperidine rings is 1. The van der Waals surface area contributed by atoms with E-state index in [0.29, 0.717) is 44.6 Å². The first-order valence-electron chi connectivity index (χ1n) is 13.5. The SMILES string of the molecule is O=C(C[C@H]1CC[C@@H](c2cccc(F)c2F)Cn2c(CC(F)(F)F)nnc21)N1CCC2(CC1)C(=O)Nc1ncccc12. The Hall–Kier alpha value is -3.90. The number of carbonyl (C=O) groups is 2. The number of halogens is 5. The minimum absolute atomic E-state index is 0.0279. The quantitative estimate of drug-likeness (QED) is 0.460. The van der Waals surface area contributed by atoms with Gasteiger partial charge >= 0.3 is 6.18 Å². The number of amides is 2. The van der Waals surface area contributed by atoms with Crippen molar-refractivity contribution in [3.05, 3.63) is 70.9 Å². The van der Waals surface area contributed by atoms with Crippen LogP contribution in [0.25, 0.3) is 0 Å². The highest BCUT2D eigenvalue weighted by molar-refractivity contribution is 6.05. The smallest absolute Gasteiger partial charge is 0.343 e. The standard InChI is InChI=1S/C28H27F5N6O2/c29-20-5-1-3-18(23(20)30)17-7-6-16(25-37-36-21(39(25)15-17)14-28(31,32)33)13-22(40)38-11-8-27(9-12-38)19-4-2-10-34-24(19)35-26(27)41/h1-5,10,16-17H,6-9,11-15H2,(H,34,35,41)/t16-,17-/m1/s1. The van der Waals surface area contributed by atoms with Gasteiger partial charge in [-0.15, -0.1) is 10.2 Å². The third-order valence-electron chi connectivity index (χ3n) is 8.65. The second kappa shape index (κ2) is 10.2. The fraction of sp³-hybridized carbons (Fsp3) is 0.464. The number of alkyl halides is 3. The van der Waals surface area contributed by atoms with Gasteiger partial charge < -0.3 is 14.8 Å². The van der Waals surface area contributed by atoms with E-state index in [-0.39, 0.29) is 42.0 Å². The number of nitrogens with one attached hydrogen (secondary N) is 1. The highest BCUT2D eigenvalue weighted by Crippen LogP contribution is 2.44. The van der Waals surface area contributed by atoms with E-state index in [1.54, 1.807) is 17.2 Å². The molecule has 1 aromatic carbocycles. The Kier molecular flexibility index (Phi) is 6.77. The Morgan fingerprint density at radius 1 is 1.07 bits per heavy atom. The third-order valence-corrected chi connectivity index (χ3v) is 8.65. The number of carbonyl (C=O) groups excluding carboxylic acids is 2. The lowest BCUT2D eigenvalue weighted by molar-refractivity contribution is -0.135. The van der Waals surface area contributed by atoms with Gasteiger partial charge in [-0.1, -0.05) is 18.2 Å². The minimum Gasteiger partial charge on any atom is -0.343 e. The molecule has 3 aliphatic heterocycles. The lowest BCUT2D eigenvalue weighted by atomic mass is 9.74. The number of rotatable bonds is 4. The van der Waals surface area contributed by atoms with Crippen molar-refractivity contribution in [3.63, 3.8) is 0 Å². The molecule has 5 heterocycles. The Morgan fingerprint density at radius 2 is 1.85 bits per heavy atom. The summed E-state index contributed by atoms with van der Waals surface area (Å²) in [5.74, 6) is -3.15. The molecule has 0 radical (unpaired) electrons. The normalized spacial score (nSPS) is 21.8. The molecule has 0 aliphatic carbocycles. The van der Waals surface area contributed by atoms with E-state index in [1.165, 1.54) is 16.7 Å². The van der Waals surface area contributed by atoms with Gasteiger partial charge in [0.1, 0.15) is 23.9 Å². The second-order valence-electron chi connectivity index (χ2n) is 11.0. The average molecular weight is 575 g/mol. The number of nitrogens with zero attached hydrogens (tertiary/aromatic N) is 5. The minimum atomic E-state index is -4.55. The zero-order valence-corrected chi connectivity index (χ0v) is 21.9. The van der Waals surface area contributed by atoms with Crippen LogP contribution in [-0.4, -0.2) is 55.7 Å². The molecule has 3 aromatic rings. The number of fused-ring (bicyclic) bond motifs is 3. The van der Waals surface area contributed by atoms with E-state index in [1.807, 2.05) is 6.07 Å². The fourth-order valence-corrected chi connectivity index (χ4v) is 6.50. The summed E-state index contributed by atoms with van der Waals surface area (Å²) >= 11 is 0. The molecule has 216 valence electrons. The number of anilines is 1. The van der Waals surface area contributed by atoms with Gasteiger partial charge in [-0.2, -0.15) is 13.2 Å². The van der Waals surface area contributed by atoms with Crippen LogP contribution in [0.15, 0.2) is 36.5 Å². The van der Waals surface area contributed by atoms with E-state index >= 15 is 0 Å². The predicted octanol–water partition coefficient (Wildman–Crippen LogP) is 4.62. The Balaban J connectivity index is 1.22. The maximum absolute atomic E-state index is 14.7. The topological polar surface area (TPSA) is 93.0 Å². The lowest BCUT2D eigenvalue weighted by Crippen LogP contribution is -2.48. The van der Waals surface area contributed by atoms with Crippen molar-refractivity contribution in [1.82, 2.24) is 24.6 Å². The maximum Gasteiger partial charge on any atom is 0.396 e. The van der Waals surface area contributed by atoms with Crippen LogP contribution in [0.2, 0.25) is 0 Å². The molecule has 2 aromatic heterocycles. The van der Waals surface area contributed by atoms with Crippen LogP contribution in [0, 0.1) is 11.6 Å². The average Bonchev–Trinajstić information content (AvgIpc) is 3.37. The van der Waals surface area contributed by atoms with Gasteiger partial charge in [-0.25, -0.2) is 13.8 Å². The summed E-state index contributed by atoms with van der Waals surface area (Å²) in [7, 11) is 0. The third kappa shape index (κ3) is 4.95. The van der Waals surface area contributed by atoms with Crippen LogP contribution in [-0.2, 0) is 28.0 Å². The molecule has 0 saturated carbocycles. The van der Waals surface area contributed by atoms with Crippen LogP contribution in [0.4, 0.5) is 27.8 Å². The first-order chi connectivity index (χ1) is 19.6. The molecule has 6 rings (SSSR count). The molecule has 1 saturated heterocycles. The highest BCUT2D eigenvalue weighted by atomic mass is 19.4. The number of pyridine rings is 1. The molecule has 0 unspecified atom stereocenters. The number of hydrogen-bond donors (Lipinski definition) is 1. The van der Waals surface area contributed by atoms with Crippen molar-refractivity contribution in [3.8, 4) is 0 Å². The molecule has 1 fully saturated rings. The van der Waals surface area contributed by atoms with Crippen LogP contribution in [0.5, 0.6) is 0 Å². The van der Waals surface area contributed by atoms with Crippen molar-refractivity contribution >= 4 is 17.6 Å². The molecular weight excluding hydrogens is 547 g/mol. The monoisotopic (exact) mass is 574 g/mol. The summed E-state index contributed by atoms with van der Waals surface area (Å²) in [5.41, 5.74) is 0.139. The molecule has 2 atom stereocenters. The number of aromatic nitrogens is 4. The number of likely N-dealkylation sites (tertiary alicyclic amines) is 1. The summed E-state index contributed by atoms with van der Waals surface area (Å²) in [6.07, 6.45) is -2.82. The molecule has 2 amide bonds. The van der Waals surface area contributed by atoms with Gasteiger partial charge in [0.2, 0.25) is 11.8 Å².